The first kappa shape index (κ1) is 16.5. The highest BCUT2D eigenvalue weighted by atomic mass is 16.5. The maximum atomic E-state index is 12.1. The van der Waals surface area contributed by atoms with Crippen molar-refractivity contribution in [2.75, 3.05) is 6.61 Å². The van der Waals surface area contributed by atoms with Gasteiger partial charge in [0.2, 0.25) is 0 Å². The van der Waals surface area contributed by atoms with Crippen molar-refractivity contribution in [1.29, 1.82) is 0 Å². The molecule has 1 unspecified atom stereocenters. The summed E-state index contributed by atoms with van der Waals surface area (Å²) in [7, 11) is 0. The Labute approximate surface area is 153 Å². The number of rotatable bonds is 5. The largest absolute Gasteiger partial charge is 0.466 e. The molecule has 1 aliphatic carbocycles. The number of aromatic nitrogens is 1. The van der Waals surface area contributed by atoms with Gasteiger partial charge in [0.15, 0.2) is 0 Å². The Kier molecular flexibility index (Phi) is 4.53. The van der Waals surface area contributed by atoms with E-state index >= 15 is 0 Å². The van der Waals surface area contributed by atoms with Gasteiger partial charge in [-0.2, -0.15) is 0 Å². The molecule has 0 saturated heterocycles. The Morgan fingerprint density at radius 2 is 1.77 bits per heavy atom. The first-order valence-corrected chi connectivity index (χ1v) is 9.03. The lowest BCUT2D eigenvalue weighted by atomic mass is 9.87. The van der Waals surface area contributed by atoms with E-state index in [-0.39, 0.29) is 11.9 Å². The van der Waals surface area contributed by atoms with Crippen molar-refractivity contribution < 1.29 is 9.53 Å². The molecule has 1 heterocycles. The molecule has 130 valence electrons. The van der Waals surface area contributed by atoms with Crippen LogP contribution in [0.4, 0.5) is 0 Å². The third kappa shape index (κ3) is 3.01. The molecule has 0 spiro atoms. The van der Waals surface area contributed by atoms with E-state index in [2.05, 4.69) is 53.5 Å². The Bertz CT molecular complexity index is 934. The standard InChI is InChI=1S/C23H21NO2/c1-2-26-22(25)15-17-6-5-9-20-18-7-3-4-8-19(18)21(23(17)20)14-16-10-12-24-13-11-16/h3-13,21H,2,14-15H2,1H3. The molecule has 0 N–H and O–H groups in total. The molecule has 0 fully saturated rings. The lowest BCUT2D eigenvalue weighted by Gasteiger charge is -2.17. The summed E-state index contributed by atoms with van der Waals surface area (Å²) in [6.07, 6.45) is 4.88. The van der Waals surface area contributed by atoms with Crippen LogP contribution in [0.5, 0.6) is 0 Å². The van der Waals surface area contributed by atoms with Gasteiger partial charge in [-0.25, -0.2) is 0 Å². The van der Waals surface area contributed by atoms with Crippen LogP contribution in [-0.2, 0) is 22.4 Å². The molecule has 0 aliphatic heterocycles. The SMILES string of the molecule is CCOC(=O)Cc1cccc2c1C(Cc1ccncc1)c1ccccc1-2. The minimum Gasteiger partial charge on any atom is -0.466 e. The molecule has 3 aromatic rings. The smallest absolute Gasteiger partial charge is 0.310 e. The molecule has 26 heavy (non-hydrogen) atoms. The summed E-state index contributed by atoms with van der Waals surface area (Å²) in [5, 5.41) is 0. The topological polar surface area (TPSA) is 39.2 Å². The van der Waals surface area contributed by atoms with E-state index in [9.17, 15) is 4.79 Å². The van der Waals surface area contributed by atoms with Crippen LogP contribution in [0, 0.1) is 0 Å². The summed E-state index contributed by atoms with van der Waals surface area (Å²) in [5.74, 6) is 0.0775. The summed E-state index contributed by atoms with van der Waals surface area (Å²) in [4.78, 5) is 16.2. The highest BCUT2D eigenvalue weighted by Crippen LogP contribution is 2.47. The van der Waals surface area contributed by atoms with Crippen molar-refractivity contribution in [2.24, 2.45) is 0 Å². The summed E-state index contributed by atoms with van der Waals surface area (Å²) < 4.78 is 5.19. The van der Waals surface area contributed by atoms with Crippen molar-refractivity contribution in [1.82, 2.24) is 4.98 Å². The predicted octanol–water partition coefficient (Wildman–Crippen LogP) is 4.54. The molecule has 0 saturated carbocycles. The van der Waals surface area contributed by atoms with Gasteiger partial charge in [0.25, 0.3) is 0 Å². The van der Waals surface area contributed by atoms with Crippen LogP contribution in [-0.4, -0.2) is 17.6 Å². The van der Waals surface area contributed by atoms with E-state index in [1.54, 1.807) is 0 Å². The van der Waals surface area contributed by atoms with Crippen molar-refractivity contribution in [3.8, 4) is 11.1 Å². The van der Waals surface area contributed by atoms with Gasteiger partial charge >= 0.3 is 5.97 Å². The van der Waals surface area contributed by atoms with E-state index in [1.807, 2.05) is 25.4 Å². The monoisotopic (exact) mass is 343 g/mol. The molecule has 1 aromatic heterocycles. The Morgan fingerprint density at radius 3 is 2.58 bits per heavy atom. The normalized spacial score (nSPS) is 14.6. The second kappa shape index (κ2) is 7.12. The lowest BCUT2D eigenvalue weighted by molar-refractivity contribution is -0.142. The van der Waals surface area contributed by atoms with Gasteiger partial charge in [0, 0.05) is 18.3 Å². The summed E-state index contributed by atoms with van der Waals surface area (Å²) in [5.41, 5.74) is 7.41. The number of ether oxygens (including phenoxy) is 1. The van der Waals surface area contributed by atoms with Gasteiger partial charge in [0.05, 0.1) is 13.0 Å². The van der Waals surface area contributed by atoms with Gasteiger partial charge in [-0.15, -0.1) is 0 Å². The van der Waals surface area contributed by atoms with E-state index < -0.39 is 0 Å². The van der Waals surface area contributed by atoms with Gasteiger partial charge in [-0.05, 0) is 58.9 Å². The number of benzene rings is 2. The van der Waals surface area contributed by atoms with Crippen LogP contribution in [0.25, 0.3) is 11.1 Å². The minimum atomic E-state index is -0.167. The Morgan fingerprint density at radius 1 is 1.00 bits per heavy atom. The van der Waals surface area contributed by atoms with Crippen LogP contribution >= 0.6 is 0 Å². The summed E-state index contributed by atoms with van der Waals surface area (Å²) in [6, 6.07) is 18.9. The van der Waals surface area contributed by atoms with Crippen LogP contribution < -0.4 is 0 Å². The number of hydrogen-bond acceptors (Lipinski definition) is 3. The molecule has 4 rings (SSSR count). The van der Waals surface area contributed by atoms with Gasteiger partial charge < -0.3 is 4.74 Å². The Balaban J connectivity index is 1.79. The fraction of sp³-hybridized carbons (Fsp3) is 0.217. The van der Waals surface area contributed by atoms with Gasteiger partial charge in [-0.3, -0.25) is 9.78 Å². The number of nitrogens with zero attached hydrogens (tertiary/aromatic N) is 1. The van der Waals surface area contributed by atoms with Crippen LogP contribution in [0.3, 0.4) is 0 Å². The van der Waals surface area contributed by atoms with Crippen LogP contribution in [0.1, 0.15) is 35.1 Å². The number of carbonyl (C=O) groups excluding carboxylic acids is 1. The average molecular weight is 343 g/mol. The molecular formula is C23H21NO2. The van der Waals surface area contributed by atoms with E-state index in [4.69, 9.17) is 4.74 Å². The second-order valence-electron chi connectivity index (χ2n) is 6.56. The average Bonchev–Trinajstić information content (AvgIpc) is 2.98. The van der Waals surface area contributed by atoms with Gasteiger partial charge in [-0.1, -0.05) is 42.5 Å². The zero-order chi connectivity index (χ0) is 17.9. The maximum absolute atomic E-state index is 12.1. The highest BCUT2D eigenvalue weighted by Gasteiger charge is 2.31. The van der Waals surface area contributed by atoms with Crippen molar-refractivity contribution in [2.45, 2.75) is 25.7 Å². The molecule has 3 nitrogen and oxygen atoms in total. The fourth-order valence-corrected chi connectivity index (χ4v) is 3.95. The molecule has 3 heteroatoms. The number of hydrogen-bond donors (Lipinski definition) is 0. The van der Waals surface area contributed by atoms with E-state index in [1.165, 1.54) is 27.8 Å². The molecule has 1 aliphatic rings. The van der Waals surface area contributed by atoms with E-state index in [0.29, 0.717) is 13.0 Å². The predicted molar refractivity (Wildman–Crippen MR) is 102 cm³/mol. The summed E-state index contributed by atoms with van der Waals surface area (Å²) >= 11 is 0. The quantitative estimate of drug-likeness (QED) is 0.638. The zero-order valence-electron chi connectivity index (χ0n) is 14.8. The third-order valence-electron chi connectivity index (χ3n) is 5.00. The highest BCUT2D eigenvalue weighted by molar-refractivity contribution is 5.82. The third-order valence-corrected chi connectivity index (χ3v) is 5.00. The zero-order valence-corrected chi connectivity index (χ0v) is 14.8. The minimum absolute atomic E-state index is 0.167. The fourth-order valence-electron chi connectivity index (χ4n) is 3.95. The van der Waals surface area contributed by atoms with Crippen molar-refractivity contribution in [3.05, 3.63) is 89.2 Å². The number of esters is 1. The molecule has 0 radical (unpaired) electrons. The molecular weight excluding hydrogens is 322 g/mol. The van der Waals surface area contributed by atoms with Crippen LogP contribution in [0.2, 0.25) is 0 Å². The van der Waals surface area contributed by atoms with Crippen molar-refractivity contribution in [3.63, 3.8) is 0 Å². The molecule has 0 bridgehead atoms. The number of fused-ring (bicyclic) bond motifs is 3. The summed E-state index contributed by atoms with van der Waals surface area (Å²) in [6.45, 7) is 2.25. The lowest BCUT2D eigenvalue weighted by Crippen LogP contribution is -2.11. The molecule has 0 amide bonds. The van der Waals surface area contributed by atoms with Gasteiger partial charge in [0.1, 0.15) is 0 Å². The first-order chi connectivity index (χ1) is 12.8. The van der Waals surface area contributed by atoms with E-state index in [0.717, 1.165) is 12.0 Å². The second-order valence-corrected chi connectivity index (χ2v) is 6.56. The van der Waals surface area contributed by atoms with Crippen LogP contribution in [0.15, 0.2) is 67.0 Å². The number of pyridine rings is 1. The van der Waals surface area contributed by atoms with Crippen molar-refractivity contribution >= 4 is 5.97 Å². The maximum Gasteiger partial charge on any atom is 0.310 e. The number of carbonyl (C=O) groups is 1. The first-order valence-electron chi connectivity index (χ1n) is 9.03. The Hall–Kier alpha value is -2.94. The molecule has 2 aromatic carbocycles. The molecule has 1 atom stereocenters.